The summed E-state index contributed by atoms with van der Waals surface area (Å²) in [6, 6.07) is 5.56. The van der Waals surface area contributed by atoms with E-state index in [1.807, 2.05) is 18.3 Å². The van der Waals surface area contributed by atoms with Crippen molar-refractivity contribution < 1.29 is 9.53 Å². The number of aromatic nitrogens is 5. The van der Waals surface area contributed by atoms with Crippen molar-refractivity contribution in [2.24, 2.45) is 5.92 Å². The Morgan fingerprint density at radius 3 is 3.08 bits per heavy atom. The van der Waals surface area contributed by atoms with E-state index in [9.17, 15) is 4.79 Å². The van der Waals surface area contributed by atoms with E-state index in [0.717, 1.165) is 17.8 Å². The zero-order valence-corrected chi connectivity index (χ0v) is 13.7. The van der Waals surface area contributed by atoms with Crippen LogP contribution in [0.25, 0.3) is 5.65 Å². The maximum Gasteiger partial charge on any atom is 0.272 e. The van der Waals surface area contributed by atoms with Crippen LogP contribution in [0, 0.1) is 5.92 Å². The fourth-order valence-electron chi connectivity index (χ4n) is 3.03. The van der Waals surface area contributed by atoms with Gasteiger partial charge < -0.3 is 9.64 Å². The molecule has 1 aliphatic rings. The van der Waals surface area contributed by atoms with Crippen molar-refractivity contribution in [1.82, 2.24) is 29.5 Å². The number of ether oxygens (including phenoxy) is 1. The molecule has 8 nitrogen and oxygen atoms in total. The minimum absolute atomic E-state index is 0.0871. The zero-order chi connectivity index (χ0) is 17.1. The molecule has 4 heterocycles. The smallest absolute Gasteiger partial charge is 0.272 e. The van der Waals surface area contributed by atoms with Gasteiger partial charge in [-0.2, -0.15) is 5.10 Å². The maximum absolute atomic E-state index is 12.6. The second-order valence-electron chi connectivity index (χ2n) is 6.05. The van der Waals surface area contributed by atoms with E-state index < -0.39 is 0 Å². The highest BCUT2D eigenvalue weighted by atomic mass is 16.5. The molecule has 1 fully saturated rings. The fraction of sp³-hybridized carbons (Fsp3) is 0.353. The van der Waals surface area contributed by atoms with Crippen molar-refractivity contribution in [3.05, 3.63) is 54.5 Å². The number of hydrogen-bond donors (Lipinski definition) is 0. The number of hydrogen-bond acceptors (Lipinski definition) is 6. The van der Waals surface area contributed by atoms with E-state index in [-0.39, 0.29) is 11.8 Å². The summed E-state index contributed by atoms with van der Waals surface area (Å²) in [6.45, 7) is 2.32. The minimum Gasteiger partial charge on any atom is -0.379 e. The van der Waals surface area contributed by atoms with Crippen molar-refractivity contribution in [2.75, 3.05) is 26.3 Å². The summed E-state index contributed by atoms with van der Waals surface area (Å²) in [5.74, 6) is 0.0951. The lowest BCUT2D eigenvalue weighted by molar-refractivity contribution is 0.0731. The quantitative estimate of drug-likeness (QED) is 0.704. The summed E-state index contributed by atoms with van der Waals surface area (Å²) in [4.78, 5) is 26.6. The van der Waals surface area contributed by atoms with Crippen LogP contribution in [-0.4, -0.2) is 61.7 Å². The van der Waals surface area contributed by atoms with Gasteiger partial charge in [0.25, 0.3) is 5.91 Å². The molecule has 0 saturated carbocycles. The summed E-state index contributed by atoms with van der Waals surface area (Å²) in [5.41, 5.74) is 2.19. The van der Waals surface area contributed by atoms with Crippen LogP contribution in [0.4, 0.5) is 0 Å². The van der Waals surface area contributed by atoms with Gasteiger partial charge in [0.1, 0.15) is 12.0 Å². The molecule has 4 rings (SSSR count). The van der Waals surface area contributed by atoms with Gasteiger partial charge in [0, 0.05) is 37.6 Å². The van der Waals surface area contributed by atoms with Crippen LogP contribution in [0.1, 0.15) is 16.2 Å². The third-order valence-electron chi connectivity index (χ3n) is 4.23. The van der Waals surface area contributed by atoms with Crippen molar-refractivity contribution in [1.29, 1.82) is 0 Å². The predicted octanol–water partition coefficient (Wildman–Crippen LogP) is 0.851. The zero-order valence-electron chi connectivity index (χ0n) is 13.7. The highest BCUT2D eigenvalue weighted by Gasteiger charge is 2.24. The third-order valence-corrected chi connectivity index (χ3v) is 4.23. The Morgan fingerprint density at radius 2 is 2.20 bits per heavy atom. The van der Waals surface area contributed by atoms with E-state index in [1.165, 1.54) is 6.33 Å². The van der Waals surface area contributed by atoms with Crippen molar-refractivity contribution in [2.45, 2.75) is 6.42 Å². The number of carbonyl (C=O) groups excluding carboxylic acids is 1. The molecular formula is C17H18N6O2. The van der Waals surface area contributed by atoms with Gasteiger partial charge in [0.15, 0.2) is 5.65 Å². The van der Waals surface area contributed by atoms with Gasteiger partial charge in [-0.05, 0) is 24.6 Å². The first-order valence-electron chi connectivity index (χ1n) is 8.22. The van der Waals surface area contributed by atoms with Gasteiger partial charge in [-0.15, -0.1) is 0 Å². The molecule has 3 aromatic heterocycles. The first-order chi connectivity index (χ1) is 12.3. The van der Waals surface area contributed by atoms with E-state index in [1.54, 1.807) is 27.9 Å². The largest absolute Gasteiger partial charge is 0.379 e. The first kappa shape index (κ1) is 15.6. The molecule has 0 bridgehead atoms. The molecule has 8 heteroatoms. The molecule has 0 aromatic carbocycles. The molecule has 0 radical (unpaired) electrons. The minimum atomic E-state index is -0.0871. The van der Waals surface area contributed by atoms with Crippen molar-refractivity contribution in [3.8, 4) is 0 Å². The molecule has 0 spiro atoms. The number of nitrogens with zero attached hydrogens (tertiary/aromatic N) is 6. The molecule has 1 aliphatic heterocycles. The Kier molecular flexibility index (Phi) is 4.34. The number of rotatable bonds is 3. The van der Waals surface area contributed by atoms with Gasteiger partial charge in [0.2, 0.25) is 0 Å². The van der Waals surface area contributed by atoms with Gasteiger partial charge in [-0.1, -0.05) is 0 Å². The Hall–Kier alpha value is -2.87. The van der Waals surface area contributed by atoms with Crippen LogP contribution in [0.5, 0.6) is 0 Å². The van der Waals surface area contributed by atoms with E-state index in [4.69, 9.17) is 4.74 Å². The molecule has 0 unspecified atom stereocenters. The number of imidazole rings is 1. The molecule has 1 saturated heterocycles. The van der Waals surface area contributed by atoms with Gasteiger partial charge in [0.05, 0.1) is 18.9 Å². The van der Waals surface area contributed by atoms with Crippen LogP contribution in [0.15, 0.2) is 43.1 Å². The Morgan fingerprint density at radius 1 is 1.24 bits per heavy atom. The van der Waals surface area contributed by atoms with E-state index >= 15 is 0 Å². The predicted molar refractivity (Wildman–Crippen MR) is 88.9 cm³/mol. The normalized spacial score (nSPS) is 18.2. The SMILES string of the molecule is O=C(c1ccncn1)N1CCOC[C@@H](Cc2ccc3nccn3n2)C1. The molecule has 0 aliphatic carbocycles. The summed E-state index contributed by atoms with van der Waals surface area (Å²) in [5, 5.41) is 4.56. The van der Waals surface area contributed by atoms with Crippen LogP contribution >= 0.6 is 0 Å². The summed E-state index contributed by atoms with van der Waals surface area (Å²) >= 11 is 0. The maximum atomic E-state index is 12.6. The number of carbonyl (C=O) groups is 1. The fourth-order valence-corrected chi connectivity index (χ4v) is 3.03. The van der Waals surface area contributed by atoms with Crippen molar-refractivity contribution in [3.63, 3.8) is 0 Å². The Bertz CT molecular complexity index is 866. The Balaban J connectivity index is 1.48. The highest BCUT2D eigenvalue weighted by Crippen LogP contribution is 2.15. The molecule has 1 amide bonds. The second kappa shape index (κ2) is 6.94. The van der Waals surface area contributed by atoms with Crippen molar-refractivity contribution >= 4 is 11.6 Å². The lowest BCUT2D eigenvalue weighted by atomic mass is 10.0. The second-order valence-corrected chi connectivity index (χ2v) is 6.05. The number of fused-ring (bicyclic) bond motifs is 1. The lowest BCUT2D eigenvalue weighted by Crippen LogP contribution is -2.37. The van der Waals surface area contributed by atoms with Gasteiger partial charge >= 0.3 is 0 Å². The average molecular weight is 338 g/mol. The van der Waals surface area contributed by atoms with Crippen LogP contribution in [-0.2, 0) is 11.2 Å². The molecule has 1 atom stereocenters. The molecular weight excluding hydrogens is 320 g/mol. The topological polar surface area (TPSA) is 85.5 Å². The number of amides is 1. The van der Waals surface area contributed by atoms with Crippen LogP contribution < -0.4 is 0 Å². The first-order valence-corrected chi connectivity index (χ1v) is 8.22. The van der Waals surface area contributed by atoms with Gasteiger partial charge in [-0.3, -0.25) is 4.79 Å². The summed E-state index contributed by atoms with van der Waals surface area (Å²) in [6.07, 6.45) is 7.26. The van der Waals surface area contributed by atoms with E-state index in [2.05, 4.69) is 20.1 Å². The molecule has 0 N–H and O–H groups in total. The molecule has 3 aromatic rings. The highest BCUT2D eigenvalue weighted by molar-refractivity contribution is 5.92. The third kappa shape index (κ3) is 3.48. The lowest BCUT2D eigenvalue weighted by Gasteiger charge is -2.23. The van der Waals surface area contributed by atoms with Gasteiger partial charge in [-0.25, -0.2) is 19.5 Å². The Labute approximate surface area is 144 Å². The molecule has 128 valence electrons. The molecule has 25 heavy (non-hydrogen) atoms. The summed E-state index contributed by atoms with van der Waals surface area (Å²) in [7, 11) is 0. The standard InChI is InChI=1S/C17H18N6O2/c24-17(15-3-4-18-12-20-15)22-7-8-25-11-13(10-22)9-14-1-2-16-19-5-6-23(16)21-14/h1-6,12-13H,7-11H2/t13-/m0/s1. The summed E-state index contributed by atoms with van der Waals surface area (Å²) < 4.78 is 7.46. The monoisotopic (exact) mass is 338 g/mol. The van der Waals surface area contributed by atoms with Crippen LogP contribution in [0.3, 0.4) is 0 Å². The van der Waals surface area contributed by atoms with Crippen LogP contribution in [0.2, 0.25) is 0 Å². The van der Waals surface area contributed by atoms with E-state index in [0.29, 0.717) is 32.0 Å². The average Bonchev–Trinajstić information content (AvgIpc) is 2.99.